The average Bonchev–Trinajstić information content (AvgIpc) is 3.45. The number of aromatic nitrogens is 3. The molecule has 2 heterocycles. The van der Waals surface area contributed by atoms with E-state index in [0.29, 0.717) is 35.1 Å². The van der Waals surface area contributed by atoms with E-state index >= 15 is 0 Å². The lowest BCUT2D eigenvalue weighted by Crippen LogP contribution is -2.25. The summed E-state index contributed by atoms with van der Waals surface area (Å²) in [5, 5.41) is 2.98. The first-order chi connectivity index (χ1) is 12.6. The predicted octanol–water partition coefficient (Wildman–Crippen LogP) is 2.56. The number of amides is 1. The van der Waals surface area contributed by atoms with Crippen LogP contribution in [-0.4, -0.2) is 33.5 Å². The van der Waals surface area contributed by atoms with Gasteiger partial charge in [0.1, 0.15) is 0 Å². The molecule has 3 aromatic rings. The van der Waals surface area contributed by atoms with Crippen LogP contribution >= 0.6 is 0 Å². The van der Waals surface area contributed by atoms with Gasteiger partial charge in [-0.05, 0) is 43.5 Å². The van der Waals surface area contributed by atoms with Gasteiger partial charge in [-0.2, -0.15) is 4.98 Å². The van der Waals surface area contributed by atoms with Crippen LogP contribution in [0.3, 0.4) is 0 Å². The molecule has 132 valence electrons. The maximum atomic E-state index is 12.1. The number of benzene rings is 1. The number of pyridine rings is 1. The number of nitrogens with one attached hydrogen (secondary N) is 1. The molecular weight excluding hydrogens is 330 g/mol. The van der Waals surface area contributed by atoms with E-state index in [1.165, 1.54) is 0 Å². The van der Waals surface area contributed by atoms with Gasteiger partial charge in [-0.3, -0.25) is 4.79 Å². The first-order valence-corrected chi connectivity index (χ1v) is 8.61. The van der Waals surface area contributed by atoms with Crippen LogP contribution in [0.5, 0.6) is 5.88 Å². The standard InChI is InChI=1S/C19H19N5O2/c1-2-26-18-16-15(23-19(20)24-18)9-13(10-21-16)11-3-5-12(6-4-11)17(25)22-14-7-8-14/h3-6,9-10,14H,2,7-8H2,1H3,(H,22,25)(H2,20,23,24). The largest absolute Gasteiger partial charge is 0.476 e. The second-order valence-corrected chi connectivity index (χ2v) is 6.24. The maximum absolute atomic E-state index is 12.1. The smallest absolute Gasteiger partial charge is 0.251 e. The number of hydrogen-bond acceptors (Lipinski definition) is 6. The van der Waals surface area contributed by atoms with Crippen molar-refractivity contribution in [1.82, 2.24) is 20.3 Å². The molecule has 0 radical (unpaired) electrons. The summed E-state index contributed by atoms with van der Waals surface area (Å²) >= 11 is 0. The lowest BCUT2D eigenvalue weighted by Gasteiger charge is -2.08. The van der Waals surface area contributed by atoms with E-state index in [1.54, 1.807) is 6.20 Å². The molecule has 1 aliphatic carbocycles. The van der Waals surface area contributed by atoms with E-state index in [9.17, 15) is 4.79 Å². The van der Waals surface area contributed by atoms with Crippen molar-refractivity contribution >= 4 is 22.9 Å². The Bertz CT molecular complexity index is 968. The Balaban J connectivity index is 1.64. The third kappa shape index (κ3) is 3.28. The Morgan fingerprint density at radius 3 is 2.69 bits per heavy atom. The van der Waals surface area contributed by atoms with E-state index in [2.05, 4.69) is 20.3 Å². The van der Waals surface area contributed by atoms with Gasteiger partial charge < -0.3 is 15.8 Å². The summed E-state index contributed by atoms with van der Waals surface area (Å²) in [6.07, 6.45) is 3.88. The molecule has 1 aromatic carbocycles. The number of rotatable bonds is 5. The van der Waals surface area contributed by atoms with E-state index in [-0.39, 0.29) is 11.9 Å². The van der Waals surface area contributed by atoms with Gasteiger partial charge >= 0.3 is 0 Å². The summed E-state index contributed by atoms with van der Waals surface area (Å²) in [4.78, 5) is 24.9. The molecule has 7 heteroatoms. The summed E-state index contributed by atoms with van der Waals surface area (Å²) in [7, 11) is 0. The van der Waals surface area contributed by atoms with Crippen molar-refractivity contribution in [3.05, 3.63) is 42.1 Å². The van der Waals surface area contributed by atoms with Crippen molar-refractivity contribution < 1.29 is 9.53 Å². The van der Waals surface area contributed by atoms with Crippen LogP contribution in [-0.2, 0) is 0 Å². The minimum Gasteiger partial charge on any atom is -0.476 e. The molecule has 3 N–H and O–H groups in total. The molecule has 4 rings (SSSR count). The molecule has 1 fully saturated rings. The molecule has 0 spiro atoms. The molecule has 7 nitrogen and oxygen atoms in total. The summed E-state index contributed by atoms with van der Waals surface area (Å²) in [5.41, 5.74) is 9.44. The zero-order valence-corrected chi connectivity index (χ0v) is 14.4. The molecular formula is C19H19N5O2. The average molecular weight is 349 g/mol. The zero-order chi connectivity index (χ0) is 18.1. The van der Waals surface area contributed by atoms with Gasteiger partial charge in [-0.15, -0.1) is 0 Å². The third-order valence-corrected chi connectivity index (χ3v) is 4.20. The van der Waals surface area contributed by atoms with Crippen molar-refractivity contribution in [2.45, 2.75) is 25.8 Å². The zero-order valence-electron chi connectivity index (χ0n) is 14.4. The van der Waals surface area contributed by atoms with Crippen LogP contribution < -0.4 is 15.8 Å². The number of carbonyl (C=O) groups excluding carboxylic acids is 1. The first kappa shape index (κ1) is 16.3. The van der Waals surface area contributed by atoms with Gasteiger partial charge in [0.25, 0.3) is 5.91 Å². The van der Waals surface area contributed by atoms with Gasteiger partial charge in [0.15, 0.2) is 5.52 Å². The molecule has 0 aliphatic heterocycles. The molecule has 1 saturated carbocycles. The Morgan fingerprint density at radius 1 is 1.23 bits per heavy atom. The monoisotopic (exact) mass is 349 g/mol. The van der Waals surface area contributed by atoms with Crippen molar-refractivity contribution in [1.29, 1.82) is 0 Å². The maximum Gasteiger partial charge on any atom is 0.251 e. The number of nitrogens with two attached hydrogens (primary N) is 1. The summed E-state index contributed by atoms with van der Waals surface area (Å²) < 4.78 is 5.49. The Hall–Kier alpha value is -3.22. The van der Waals surface area contributed by atoms with Crippen molar-refractivity contribution in [3.8, 4) is 17.0 Å². The Labute approximate surface area is 150 Å². The second kappa shape index (κ2) is 6.59. The number of hydrogen-bond donors (Lipinski definition) is 2. The number of nitrogen functional groups attached to an aromatic ring is 1. The fourth-order valence-corrected chi connectivity index (χ4v) is 2.71. The number of carbonyl (C=O) groups is 1. The van der Waals surface area contributed by atoms with Crippen LogP contribution in [0, 0.1) is 0 Å². The highest BCUT2D eigenvalue weighted by molar-refractivity contribution is 5.95. The van der Waals surface area contributed by atoms with E-state index < -0.39 is 0 Å². The molecule has 0 saturated heterocycles. The van der Waals surface area contributed by atoms with E-state index in [4.69, 9.17) is 10.5 Å². The lowest BCUT2D eigenvalue weighted by molar-refractivity contribution is 0.0951. The molecule has 0 unspecified atom stereocenters. The molecule has 1 aliphatic rings. The van der Waals surface area contributed by atoms with Crippen LogP contribution in [0.2, 0.25) is 0 Å². The summed E-state index contributed by atoms with van der Waals surface area (Å²) in [6.45, 7) is 2.35. The molecule has 0 bridgehead atoms. The lowest BCUT2D eigenvalue weighted by atomic mass is 10.0. The number of fused-ring (bicyclic) bond motifs is 1. The van der Waals surface area contributed by atoms with Gasteiger partial charge in [0, 0.05) is 23.4 Å². The normalized spacial score (nSPS) is 13.6. The van der Waals surface area contributed by atoms with Gasteiger partial charge in [-0.1, -0.05) is 12.1 Å². The van der Waals surface area contributed by atoms with E-state index in [0.717, 1.165) is 24.0 Å². The predicted molar refractivity (Wildman–Crippen MR) is 98.8 cm³/mol. The van der Waals surface area contributed by atoms with Gasteiger partial charge in [0.2, 0.25) is 11.8 Å². The van der Waals surface area contributed by atoms with Crippen molar-refractivity contribution in [2.24, 2.45) is 0 Å². The SMILES string of the molecule is CCOc1nc(N)nc2cc(-c3ccc(C(=O)NC4CC4)cc3)cnc12. The summed E-state index contributed by atoms with van der Waals surface area (Å²) in [5.74, 6) is 0.498. The topological polar surface area (TPSA) is 103 Å². The minimum atomic E-state index is -0.0300. The van der Waals surface area contributed by atoms with Gasteiger partial charge in [0.05, 0.1) is 12.1 Å². The van der Waals surface area contributed by atoms with Crippen LogP contribution in [0.15, 0.2) is 36.5 Å². The quantitative estimate of drug-likeness (QED) is 0.734. The van der Waals surface area contributed by atoms with E-state index in [1.807, 2.05) is 37.3 Å². The molecule has 26 heavy (non-hydrogen) atoms. The van der Waals surface area contributed by atoms with Crippen LogP contribution in [0.4, 0.5) is 5.95 Å². The van der Waals surface area contributed by atoms with Crippen LogP contribution in [0.1, 0.15) is 30.1 Å². The fourth-order valence-electron chi connectivity index (χ4n) is 2.71. The minimum absolute atomic E-state index is 0.0300. The highest BCUT2D eigenvalue weighted by atomic mass is 16.5. The molecule has 1 amide bonds. The first-order valence-electron chi connectivity index (χ1n) is 8.61. The Morgan fingerprint density at radius 2 is 2.00 bits per heavy atom. The summed E-state index contributed by atoms with van der Waals surface area (Å²) in [6, 6.07) is 9.67. The third-order valence-electron chi connectivity index (χ3n) is 4.20. The molecule has 2 aromatic heterocycles. The number of ether oxygens (including phenoxy) is 1. The fraction of sp³-hybridized carbons (Fsp3) is 0.263. The molecule has 0 atom stereocenters. The Kier molecular flexibility index (Phi) is 4.12. The second-order valence-electron chi connectivity index (χ2n) is 6.24. The van der Waals surface area contributed by atoms with Crippen molar-refractivity contribution in [3.63, 3.8) is 0 Å². The van der Waals surface area contributed by atoms with Crippen molar-refractivity contribution in [2.75, 3.05) is 12.3 Å². The highest BCUT2D eigenvalue weighted by Crippen LogP contribution is 2.27. The van der Waals surface area contributed by atoms with Crippen LogP contribution in [0.25, 0.3) is 22.2 Å². The highest BCUT2D eigenvalue weighted by Gasteiger charge is 2.23. The number of nitrogens with zero attached hydrogens (tertiary/aromatic N) is 3. The van der Waals surface area contributed by atoms with Gasteiger partial charge in [-0.25, -0.2) is 9.97 Å². The number of anilines is 1.